The number of hydrogen-bond acceptors (Lipinski definition) is 2. The molecule has 0 spiro atoms. The van der Waals surface area contributed by atoms with E-state index in [-0.39, 0.29) is 0 Å². The van der Waals surface area contributed by atoms with E-state index in [1.807, 2.05) is 6.07 Å². The van der Waals surface area contributed by atoms with Gasteiger partial charge in [0.2, 0.25) is 0 Å². The summed E-state index contributed by atoms with van der Waals surface area (Å²) in [4.78, 5) is 2.39. The largest absolute Gasteiger partial charge is 0.456 e. The van der Waals surface area contributed by atoms with Crippen molar-refractivity contribution in [2.45, 2.75) is 20.3 Å². The van der Waals surface area contributed by atoms with Gasteiger partial charge in [-0.25, -0.2) is 0 Å². The van der Waals surface area contributed by atoms with Crippen LogP contribution in [0.1, 0.15) is 30.7 Å². The van der Waals surface area contributed by atoms with Crippen LogP contribution < -0.4 is 4.90 Å². The molecule has 0 aliphatic carbocycles. The van der Waals surface area contributed by atoms with Crippen molar-refractivity contribution < 1.29 is 4.42 Å². The van der Waals surface area contributed by atoms with Gasteiger partial charge >= 0.3 is 0 Å². The molecule has 0 saturated heterocycles. The molecule has 322 valence electrons. The van der Waals surface area contributed by atoms with Gasteiger partial charge in [-0.2, -0.15) is 0 Å². The summed E-state index contributed by atoms with van der Waals surface area (Å²) in [6.07, 6.45) is 3.07. The van der Waals surface area contributed by atoms with E-state index >= 15 is 0 Å². The van der Waals surface area contributed by atoms with Crippen LogP contribution in [0.3, 0.4) is 0 Å². The number of hydrogen-bond donors (Lipinski definition) is 0. The smallest absolute Gasteiger partial charge is 0.138 e. The summed E-state index contributed by atoms with van der Waals surface area (Å²) in [7, 11) is 0. The quantitative estimate of drug-likeness (QED) is 0.142. The fraction of sp³-hybridized carbons (Fsp3) is 0.0462. The highest BCUT2D eigenvalue weighted by atomic mass is 16.3. The van der Waals surface area contributed by atoms with Crippen LogP contribution in [0.15, 0.2) is 235 Å². The van der Waals surface area contributed by atoms with Crippen LogP contribution in [-0.2, 0) is 6.42 Å². The van der Waals surface area contributed by atoms with Crippen LogP contribution in [0.25, 0.3) is 98.3 Å². The molecule has 0 amide bonds. The molecule has 3 nitrogen and oxygen atoms in total. The average Bonchev–Trinajstić information content (AvgIpc) is 3.95. The molecule has 0 aliphatic heterocycles. The van der Waals surface area contributed by atoms with Crippen molar-refractivity contribution in [1.29, 1.82) is 0 Å². The Hall–Kier alpha value is -8.66. The summed E-state index contributed by atoms with van der Waals surface area (Å²) in [6, 6.07) is 82.1. The van der Waals surface area contributed by atoms with Crippen molar-refractivity contribution in [1.82, 2.24) is 4.57 Å². The average molecular weight is 871 g/mol. The van der Waals surface area contributed by atoms with E-state index in [2.05, 4.69) is 248 Å². The van der Waals surface area contributed by atoms with Crippen molar-refractivity contribution >= 4 is 98.5 Å². The Morgan fingerprint density at radius 3 is 1.71 bits per heavy atom. The van der Waals surface area contributed by atoms with E-state index in [4.69, 9.17) is 4.42 Å². The number of aromatic nitrogens is 1. The Morgan fingerprint density at radius 2 is 1.00 bits per heavy atom. The molecule has 0 bridgehead atoms. The molecule has 2 aromatic heterocycles. The van der Waals surface area contributed by atoms with Crippen LogP contribution in [0.5, 0.6) is 0 Å². The maximum Gasteiger partial charge on any atom is 0.138 e. The van der Waals surface area contributed by atoms with E-state index in [9.17, 15) is 0 Å². The number of furan rings is 1. The molecular weight excluding hydrogens is 825 g/mol. The topological polar surface area (TPSA) is 21.3 Å². The van der Waals surface area contributed by atoms with Gasteiger partial charge in [-0.15, -0.1) is 0 Å². The lowest BCUT2D eigenvalue weighted by atomic mass is 9.94. The third kappa shape index (κ3) is 6.35. The molecule has 0 N–H and O–H groups in total. The molecule has 0 radical (unpaired) electrons. The fourth-order valence-electron chi connectivity index (χ4n) is 10.9. The van der Waals surface area contributed by atoms with Gasteiger partial charge in [-0.05, 0) is 146 Å². The van der Waals surface area contributed by atoms with Crippen LogP contribution in [0.2, 0.25) is 0 Å². The Bertz CT molecular complexity index is 4100. The molecule has 2 heterocycles. The van der Waals surface area contributed by atoms with Gasteiger partial charge in [0.25, 0.3) is 0 Å². The second kappa shape index (κ2) is 16.0. The van der Waals surface area contributed by atoms with Crippen molar-refractivity contribution in [2.24, 2.45) is 0 Å². The van der Waals surface area contributed by atoms with Gasteiger partial charge in [0, 0.05) is 50.0 Å². The number of para-hydroxylation sites is 2. The van der Waals surface area contributed by atoms with Crippen molar-refractivity contribution in [2.75, 3.05) is 4.90 Å². The number of anilines is 3. The zero-order valence-corrected chi connectivity index (χ0v) is 37.9. The second-order valence-electron chi connectivity index (χ2n) is 17.8. The molecule has 0 unspecified atom stereocenters. The van der Waals surface area contributed by atoms with E-state index in [1.54, 1.807) is 0 Å². The lowest BCUT2D eigenvalue weighted by Gasteiger charge is -2.27. The lowest BCUT2D eigenvalue weighted by molar-refractivity contribution is 0.595. The number of allylic oxidation sites excluding steroid dienone is 1. The van der Waals surface area contributed by atoms with Crippen LogP contribution in [-0.4, -0.2) is 4.57 Å². The molecule has 11 aromatic carbocycles. The summed E-state index contributed by atoms with van der Waals surface area (Å²) in [6.45, 7) is 4.31. The Balaban J connectivity index is 0.930. The highest BCUT2D eigenvalue weighted by molar-refractivity contribution is 6.26. The molecule has 3 heteroatoms. The standard InChI is InChI=1S/C65H46N2O/c1-3-51(65-52(4-2)59-22-12-14-24-64(59)68-65)44-28-33-48(34-29-44)66(50-36-37-57-55-19-8-7-17-53(55)54-18-9-10-20-56(54)60(57)41-50)47-31-25-43(26-32-47)46-30-38-63-61(40-46)58-21-11-13-23-62(58)67(63)49-35-27-42-15-5-6-16-45(42)39-49/h3,5-41H,4H2,1-2H3/b51-3-. The normalized spacial score (nSPS) is 12.1. The first-order valence-corrected chi connectivity index (χ1v) is 23.7. The van der Waals surface area contributed by atoms with Gasteiger partial charge in [0.15, 0.2) is 0 Å². The highest BCUT2D eigenvalue weighted by Gasteiger charge is 2.20. The fourth-order valence-corrected chi connectivity index (χ4v) is 10.9. The molecule has 68 heavy (non-hydrogen) atoms. The molecular formula is C65H46N2O. The molecule has 0 fully saturated rings. The van der Waals surface area contributed by atoms with Crippen LogP contribution >= 0.6 is 0 Å². The van der Waals surface area contributed by atoms with Gasteiger partial charge in [0.05, 0.1) is 11.0 Å². The Morgan fingerprint density at radius 1 is 0.441 bits per heavy atom. The number of benzene rings is 11. The van der Waals surface area contributed by atoms with Crippen molar-refractivity contribution in [3.8, 4) is 16.8 Å². The van der Waals surface area contributed by atoms with Crippen LogP contribution in [0.4, 0.5) is 17.1 Å². The SMILES string of the molecule is C/C=C(/c1ccc(N(c2ccc(-c3ccc4c(c3)c3ccccc3n4-c3ccc4ccccc4c3)cc2)c2ccc3c4ccccc4c4ccccc4c3c2)cc1)c1oc2ccccc2c1CC. The second-order valence-corrected chi connectivity index (χ2v) is 17.8. The lowest BCUT2D eigenvalue weighted by Crippen LogP contribution is -2.10. The maximum absolute atomic E-state index is 6.57. The summed E-state index contributed by atoms with van der Waals surface area (Å²) in [5.41, 5.74) is 13.5. The number of rotatable bonds is 8. The van der Waals surface area contributed by atoms with E-state index in [0.717, 1.165) is 51.7 Å². The predicted molar refractivity (Wildman–Crippen MR) is 289 cm³/mol. The third-order valence-corrected chi connectivity index (χ3v) is 14.1. The third-order valence-electron chi connectivity index (χ3n) is 14.1. The van der Waals surface area contributed by atoms with Crippen molar-refractivity contribution in [3.05, 3.63) is 247 Å². The minimum absolute atomic E-state index is 0.889. The first kappa shape index (κ1) is 39.7. The monoisotopic (exact) mass is 870 g/mol. The zero-order valence-electron chi connectivity index (χ0n) is 37.9. The Labute approximate surface area is 395 Å². The highest BCUT2D eigenvalue weighted by Crippen LogP contribution is 2.43. The molecule has 13 aromatic rings. The zero-order chi connectivity index (χ0) is 45.3. The summed E-state index contributed by atoms with van der Waals surface area (Å²) >= 11 is 0. The number of nitrogens with zero attached hydrogens (tertiary/aromatic N) is 2. The summed E-state index contributed by atoms with van der Waals surface area (Å²) < 4.78 is 8.97. The minimum atomic E-state index is 0.889. The van der Waals surface area contributed by atoms with Gasteiger partial charge in [0.1, 0.15) is 11.3 Å². The van der Waals surface area contributed by atoms with E-state index in [0.29, 0.717) is 0 Å². The summed E-state index contributed by atoms with van der Waals surface area (Å²) in [5.74, 6) is 0.946. The molecule has 0 aliphatic rings. The van der Waals surface area contributed by atoms with Crippen molar-refractivity contribution in [3.63, 3.8) is 0 Å². The van der Waals surface area contributed by atoms with Gasteiger partial charge in [-0.3, -0.25) is 0 Å². The molecule has 0 saturated carbocycles. The summed E-state index contributed by atoms with van der Waals surface area (Å²) in [5, 5.41) is 13.7. The molecule has 13 rings (SSSR count). The van der Waals surface area contributed by atoms with Gasteiger partial charge < -0.3 is 13.9 Å². The number of fused-ring (bicyclic) bond motifs is 11. The van der Waals surface area contributed by atoms with Gasteiger partial charge in [-0.1, -0.05) is 165 Å². The van der Waals surface area contributed by atoms with E-state index < -0.39 is 0 Å². The van der Waals surface area contributed by atoms with Crippen LogP contribution in [0, 0.1) is 0 Å². The molecule has 0 atom stereocenters. The number of aryl methyl sites for hydroxylation is 1. The predicted octanol–water partition coefficient (Wildman–Crippen LogP) is 18.3. The first-order chi connectivity index (χ1) is 33.6. The van der Waals surface area contributed by atoms with E-state index in [1.165, 1.54) is 87.0 Å². The first-order valence-electron chi connectivity index (χ1n) is 23.7. The minimum Gasteiger partial charge on any atom is -0.456 e. The maximum atomic E-state index is 6.57. The Kier molecular flexibility index (Phi) is 9.36.